The minimum Gasteiger partial charge on any atom is -0.496 e. The zero-order valence-electron chi connectivity index (χ0n) is 16.5. The second kappa shape index (κ2) is 9.34. The number of carbonyl (C=O) groups excluding carboxylic acids is 2. The number of carbonyl (C=O) groups is 2. The first-order valence-corrected chi connectivity index (χ1v) is 9.94. The zero-order chi connectivity index (χ0) is 20.8. The molecule has 3 aromatic rings. The summed E-state index contributed by atoms with van der Waals surface area (Å²) >= 11 is 1.36. The molecule has 3 rings (SSSR count). The van der Waals surface area contributed by atoms with E-state index < -0.39 is 5.97 Å². The van der Waals surface area contributed by atoms with E-state index in [4.69, 9.17) is 9.47 Å². The first-order chi connectivity index (χ1) is 13.9. The van der Waals surface area contributed by atoms with E-state index in [-0.39, 0.29) is 18.9 Å². The summed E-state index contributed by atoms with van der Waals surface area (Å²) < 4.78 is 10.6. The van der Waals surface area contributed by atoms with Crippen LogP contribution in [0.15, 0.2) is 47.8 Å². The van der Waals surface area contributed by atoms with Crippen molar-refractivity contribution in [3.05, 3.63) is 75.2 Å². The second-order valence-electron chi connectivity index (χ2n) is 6.60. The van der Waals surface area contributed by atoms with Gasteiger partial charge in [0.15, 0.2) is 0 Å². The fourth-order valence-corrected chi connectivity index (χ4v) is 3.45. The summed E-state index contributed by atoms with van der Waals surface area (Å²) in [5.41, 5.74) is 3.80. The normalized spacial score (nSPS) is 10.4. The number of anilines is 1. The fraction of sp³-hybridized carbons (Fsp3) is 0.227. The van der Waals surface area contributed by atoms with Gasteiger partial charge >= 0.3 is 5.97 Å². The summed E-state index contributed by atoms with van der Waals surface area (Å²) in [6.45, 7) is 3.92. The Balaban J connectivity index is 1.55. The van der Waals surface area contributed by atoms with Crippen LogP contribution in [-0.4, -0.2) is 24.0 Å². The summed E-state index contributed by atoms with van der Waals surface area (Å²) in [6.07, 6.45) is 0.165. The van der Waals surface area contributed by atoms with Crippen LogP contribution in [0.4, 0.5) is 5.69 Å². The molecule has 0 saturated heterocycles. The lowest BCUT2D eigenvalue weighted by Crippen LogP contribution is -2.14. The summed E-state index contributed by atoms with van der Waals surface area (Å²) in [5.74, 6) is -0.152. The molecule has 1 N–H and O–H groups in total. The largest absolute Gasteiger partial charge is 0.496 e. The molecule has 29 heavy (non-hydrogen) atoms. The summed E-state index contributed by atoms with van der Waals surface area (Å²) in [4.78, 5) is 28.9. The number of esters is 1. The number of aryl methyl sites for hydroxylation is 2. The van der Waals surface area contributed by atoms with E-state index >= 15 is 0 Å². The molecule has 0 unspecified atom stereocenters. The number of amides is 1. The third-order valence-corrected chi connectivity index (χ3v) is 5.07. The van der Waals surface area contributed by atoms with Gasteiger partial charge in [0.2, 0.25) is 5.91 Å². The first-order valence-electron chi connectivity index (χ1n) is 9.06. The number of aromatic nitrogens is 1. The van der Waals surface area contributed by atoms with E-state index in [0.29, 0.717) is 22.0 Å². The van der Waals surface area contributed by atoms with Gasteiger partial charge in [-0.1, -0.05) is 29.3 Å². The zero-order valence-corrected chi connectivity index (χ0v) is 17.3. The Hall–Kier alpha value is -3.19. The maximum atomic E-state index is 12.4. The van der Waals surface area contributed by atoms with Crippen molar-refractivity contribution < 1.29 is 19.1 Å². The highest BCUT2D eigenvalue weighted by Gasteiger charge is 2.15. The molecule has 1 amide bonds. The smallest absolute Gasteiger partial charge is 0.342 e. The molecule has 0 spiro atoms. The molecule has 0 atom stereocenters. The number of hydrogen-bond acceptors (Lipinski definition) is 6. The van der Waals surface area contributed by atoms with Gasteiger partial charge in [0.1, 0.15) is 22.9 Å². The SMILES string of the molecule is COc1ccc(C)cc1C(=O)OCc1csc(CC(=O)Nc2ccc(C)cc2)n1. The fourth-order valence-electron chi connectivity index (χ4n) is 2.67. The maximum Gasteiger partial charge on any atom is 0.342 e. The van der Waals surface area contributed by atoms with Gasteiger partial charge in [-0.05, 0) is 38.1 Å². The van der Waals surface area contributed by atoms with E-state index in [0.717, 1.165) is 16.8 Å². The monoisotopic (exact) mass is 410 g/mol. The number of thiazole rings is 1. The topological polar surface area (TPSA) is 77.5 Å². The van der Waals surface area contributed by atoms with E-state index in [1.807, 2.05) is 44.2 Å². The molecule has 0 radical (unpaired) electrons. The van der Waals surface area contributed by atoms with Crippen molar-refractivity contribution in [2.75, 3.05) is 12.4 Å². The Kier molecular flexibility index (Phi) is 6.61. The van der Waals surface area contributed by atoms with Crippen molar-refractivity contribution in [1.82, 2.24) is 4.98 Å². The molecule has 0 bridgehead atoms. The van der Waals surface area contributed by atoms with Crippen molar-refractivity contribution in [3.63, 3.8) is 0 Å². The lowest BCUT2D eigenvalue weighted by atomic mass is 10.1. The Morgan fingerprint density at radius 1 is 1.07 bits per heavy atom. The van der Waals surface area contributed by atoms with Crippen LogP contribution in [0.3, 0.4) is 0 Å². The molecular weight excluding hydrogens is 388 g/mol. The predicted molar refractivity (Wildman–Crippen MR) is 112 cm³/mol. The number of rotatable bonds is 7. The number of hydrogen-bond donors (Lipinski definition) is 1. The second-order valence-corrected chi connectivity index (χ2v) is 7.55. The molecule has 1 heterocycles. The highest BCUT2D eigenvalue weighted by molar-refractivity contribution is 7.09. The molecule has 150 valence electrons. The maximum absolute atomic E-state index is 12.4. The first kappa shape index (κ1) is 20.5. The van der Waals surface area contributed by atoms with E-state index in [1.165, 1.54) is 18.4 Å². The highest BCUT2D eigenvalue weighted by atomic mass is 32.1. The van der Waals surface area contributed by atoms with Gasteiger partial charge in [0.25, 0.3) is 0 Å². The number of nitrogens with zero attached hydrogens (tertiary/aromatic N) is 1. The Labute approximate surface area is 173 Å². The molecule has 0 fully saturated rings. The van der Waals surface area contributed by atoms with Crippen LogP contribution >= 0.6 is 11.3 Å². The summed E-state index contributed by atoms with van der Waals surface area (Å²) in [5, 5.41) is 5.29. The average molecular weight is 410 g/mol. The molecule has 0 saturated carbocycles. The molecule has 0 aliphatic heterocycles. The predicted octanol–water partition coefficient (Wildman–Crippen LogP) is 4.31. The van der Waals surface area contributed by atoms with Gasteiger partial charge in [0.05, 0.1) is 19.2 Å². The quantitative estimate of drug-likeness (QED) is 0.588. The summed E-state index contributed by atoms with van der Waals surface area (Å²) in [7, 11) is 1.51. The molecule has 7 heteroatoms. The van der Waals surface area contributed by atoms with Crippen LogP contribution < -0.4 is 10.1 Å². The van der Waals surface area contributed by atoms with Gasteiger partial charge in [-0.15, -0.1) is 11.3 Å². The van der Waals surface area contributed by atoms with E-state index in [9.17, 15) is 9.59 Å². The number of nitrogens with one attached hydrogen (secondary N) is 1. The van der Waals surface area contributed by atoms with Crippen LogP contribution in [0.1, 0.15) is 32.2 Å². The standard InChI is InChI=1S/C22H22N2O4S/c1-14-4-7-16(8-5-14)23-20(25)11-21-24-17(13-29-21)12-28-22(26)18-10-15(2)6-9-19(18)27-3/h4-10,13H,11-12H2,1-3H3,(H,23,25). The minimum atomic E-state index is -0.475. The number of benzene rings is 2. The summed E-state index contributed by atoms with van der Waals surface area (Å²) in [6, 6.07) is 12.9. The van der Waals surface area contributed by atoms with Crippen molar-refractivity contribution in [2.45, 2.75) is 26.9 Å². The molecule has 6 nitrogen and oxygen atoms in total. The number of methoxy groups -OCH3 is 1. The van der Waals surface area contributed by atoms with Crippen LogP contribution in [0, 0.1) is 13.8 Å². The average Bonchev–Trinajstić information content (AvgIpc) is 3.15. The van der Waals surface area contributed by atoms with Crippen molar-refractivity contribution >= 4 is 28.9 Å². The van der Waals surface area contributed by atoms with Gasteiger partial charge in [-0.25, -0.2) is 9.78 Å². The highest BCUT2D eigenvalue weighted by Crippen LogP contribution is 2.21. The van der Waals surface area contributed by atoms with Gasteiger partial charge in [-0.3, -0.25) is 4.79 Å². The lowest BCUT2D eigenvalue weighted by Gasteiger charge is -2.08. The van der Waals surface area contributed by atoms with Crippen LogP contribution in [0.25, 0.3) is 0 Å². The van der Waals surface area contributed by atoms with Crippen LogP contribution in [0.5, 0.6) is 5.75 Å². The van der Waals surface area contributed by atoms with Crippen LogP contribution in [-0.2, 0) is 22.6 Å². The Bertz CT molecular complexity index is 1010. The molecule has 0 aliphatic rings. The molecular formula is C22H22N2O4S. The van der Waals surface area contributed by atoms with Gasteiger partial charge < -0.3 is 14.8 Å². The molecule has 0 aliphatic carbocycles. The minimum absolute atomic E-state index is 0.0337. The number of ether oxygens (including phenoxy) is 2. The van der Waals surface area contributed by atoms with Gasteiger partial charge in [-0.2, -0.15) is 0 Å². The van der Waals surface area contributed by atoms with Crippen LogP contribution in [0.2, 0.25) is 0 Å². The van der Waals surface area contributed by atoms with E-state index in [1.54, 1.807) is 17.5 Å². The third kappa shape index (κ3) is 5.65. The van der Waals surface area contributed by atoms with Gasteiger partial charge in [0, 0.05) is 11.1 Å². The Morgan fingerprint density at radius 2 is 1.79 bits per heavy atom. The third-order valence-electron chi connectivity index (χ3n) is 4.17. The van der Waals surface area contributed by atoms with Crippen molar-refractivity contribution in [2.24, 2.45) is 0 Å². The van der Waals surface area contributed by atoms with Crippen molar-refractivity contribution in [3.8, 4) is 5.75 Å². The lowest BCUT2D eigenvalue weighted by molar-refractivity contribution is -0.115. The van der Waals surface area contributed by atoms with E-state index in [2.05, 4.69) is 10.3 Å². The Morgan fingerprint density at radius 3 is 2.52 bits per heavy atom. The van der Waals surface area contributed by atoms with Crippen molar-refractivity contribution in [1.29, 1.82) is 0 Å². The molecule has 2 aromatic carbocycles. The molecule has 1 aromatic heterocycles.